The van der Waals surface area contributed by atoms with Gasteiger partial charge in [0.05, 0.1) is 7.11 Å². The lowest BCUT2D eigenvalue weighted by atomic mass is 10.1. The van der Waals surface area contributed by atoms with Gasteiger partial charge in [-0.2, -0.15) is 0 Å². The van der Waals surface area contributed by atoms with E-state index in [9.17, 15) is 9.18 Å². The van der Waals surface area contributed by atoms with Crippen LogP contribution >= 0.6 is 0 Å². The Labute approximate surface area is 146 Å². The molecule has 0 saturated carbocycles. The molecule has 1 aliphatic rings. The number of hydrogen-bond donors (Lipinski definition) is 1. The fourth-order valence-corrected chi connectivity index (χ4v) is 2.70. The van der Waals surface area contributed by atoms with Gasteiger partial charge in [0, 0.05) is 6.42 Å². The zero-order valence-electron chi connectivity index (χ0n) is 14.2. The average Bonchev–Trinajstić information content (AvgIpc) is 2.93. The van der Waals surface area contributed by atoms with Gasteiger partial charge >= 0.3 is 0 Å². The molecular weight excluding hydrogens is 319 g/mol. The summed E-state index contributed by atoms with van der Waals surface area (Å²) in [5.74, 6) is 0.0569. The third-order valence-electron chi connectivity index (χ3n) is 3.96. The number of carbonyl (C=O) groups is 1. The van der Waals surface area contributed by atoms with Crippen molar-refractivity contribution in [3.05, 3.63) is 70.7 Å². The van der Waals surface area contributed by atoms with Crippen LogP contribution < -0.4 is 10.1 Å². The molecular formula is C20H19FN2O2. The third-order valence-corrected chi connectivity index (χ3v) is 3.96. The van der Waals surface area contributed by atoms with E-state index in [0.29, 0.717) is 17.8 Å². The Morgan fingerprint density at radius 1 is 1.20 bits per heavy atom. The SMILES string of the molecule is COc1ccc(/C=C2/N=C(CCc3cccc(C)c3)NC2=O)cc1F. The van der Waals surface area contributed by atoms with Crippen LogP contribution in [0.1, 0.15) is 23.1 Å². The third kappa shape index (κ3) is 4.12. The molecule has 1 aliphatic heterocycles. The molecule has 128 valence electrons. The van der Waals surface area contributed by atoms with Gasteiger partial charge in [-0.25, -0.2) is 9.38 Å². The molecule has 2 aromatic carbocycles. The van der Waals surface area contributed by atoms with Crippen molar-refractivity contribution in [2.24, 2.45) is 4.99 Å². The number of amides is 1. The molecule has 0 aliphatic carbocycles. The molecule has 0 atom stereocenters. The molecule has 1 N–H and O–H groups in total. The van der Waals surface area contributed by atoms with Gasteiger partial charge in [0.25, 0.3) is 5.91 Å². The molecule has 2 aromatic rings. The van der Waals surface area contributed by atoms with Crippen LogP contribution in [0.2, 0.25) is 0 Å². The summed E-state index contributed by atoms with van der Waals surface area (Å²) in [7, 11) is 1.41. The van der Waals surface area contributed by atoms with E-state index in [4.69, 9.17) is 4.74 Å². The predicted molar refractivity (Wildman–Crippen MR) is 96.0 cm³/mol. The highest BCUT2D eigenvalue weighted by atomic mass is 19.1. The zero-order valence-corrected chi connectivity index (χ0v) is 14.2. The van der Waals surface area contributed by atoms with E-state index in [2.05, 4.69) is 22.4 Å². The van der Waals surface area contributed by atoms with Gasteiger partial charge in [-0.05, 0) is 42.7 Å². The normalized spacial score (nSPS) is 15.2. The molecule has 0 bridgehead atoms. The summed E-state index contributed by atoms with van der Waals surface area (Å²) < 4.78 is 18.6. The number of methoxy groups -OCH3 is 1. The van der Waals surface area contributed by atoms with Crippen molar-refractivity contribution in [2.75, 3.05) is 7.11 Å². The van der Waals surface area contributed by atoms with Gasteiger partial charge in [-0.15, -0.1) is 0 Å². The molecule has 0 radical (unpaired) electrons. The lowest BCUT2D eigenvalue weighted by Gasteiger charge is -2.02. The number of aryl methyl sites for hydroxylation is 2. The topological polar surface area (TPSA) is 50.7 Å². The number of nitrogens with one attached hydrogen (secondary N) is 1. The number of halogens is 1. The number of carbonyl (C=O) groups excluding carboxylic acids is 1. The Morgan fingerprint density at radius 3 is 2.76 bits per heavy atom. The minimum atomic E-state index is -0.473. The second-order valence-corrected chi connectivity index (χ2v) is 5.93. The maximum Gasteiger partial charge on any atom is 0.275 e. The number of ether oxygens (including phenoxy) is 1. The van der Waals surface area contributed by atoms with Crippen molar-refractivity contribution in [1.82, 2.24) is 5.32 Å². The van der Waals surface area contributed by atoms with E-state index in [-0.39, 0.29) is 17.4 Å². The van der Waals surface area contributed by atoms with Crippen molar-refractivity contribution in [3.8, 4) is 5.75 Å². The summed E-state index contributed by atoms with van der Waals surface area (Å²) in [5.41, 5.74) is 3.25. The molecule has 0 unspecified atom stereocenters. The van der Waals surface area contributed by atoms with Gasteiger partial charge < -0.3 is 10.1 Å². The molecule has 5 heteroatoms. The van der Waals surface area contributed by atoms with E-state index in [1.165, 1.54) is 30.4 Å². The monoisotopic (exact) mass is 338 g/mol. The molecule has 25 heavy (non-hydrogen) atoms. The number of hydrogen-bond acceptors (Lipinski definition) is 3. The van der Waals surface area contributed by atoms with E-state index in [1.807, 2.05) is 19.1 Å². The summed E-state index contributed by atoms with van der Waals surface area (Å²) in [6.45, 7) is 2.05. The fraction of sp³-hybridized carbons (Fsp3) is 0.200. The van der Waals surface area contributed by atoms with Crippen LogP contribution in [0.25, 0.3) is 6.08 Å². The van der Waals surface area contributed by atoms with E-state index >= 15 is 0 Å². The van der Waals surface area contributed by atoms with Gasteiger partial charge in [0.15, 0.2) is 11.6 Å². The first-order chi connectivity index (χ1) is 12.0. The quantitative estimate of drug-likeness (QED) is 0.846. The first-order valence-electron chi connectivity index (χ1n) is 8.05. The standard InChI is InChI=1S/C20H19FN2O2/c1-13-4-3-5-14(10-13)7-9-19-22-17(20(24)23-19)12-15-6-8-18(25-2)16(21)11-15/h3-6,8,10-12H,7,9H2,1-2H3,(H,22,23,24)/b17-12+. The summed E-state index contributed by atoms with van der Waals surface area (Å²) in [5, 5.41) is 2.77. The summed E-state index contributed by atoms with van der Waals surface area (Å²) >= 11 is 0. The number of nitrogens with zero attached hydrogens (tertiary/aromatic N) is 1. The summed E-state index contributed by atoms with van der Waals surface area (Å²) in [6.07, 6.45) is 3.01. The predicted octanol–water partition coefficient (Wildman–Crippen LogP) is 3.64. The van der Waals surface area contributed by atoms with Crippen LogP contribution in [0.4, 0.5) is 4.39 Å². The molecule has 1 amide bonds. The molecule has 0 aromatic heterocycles. The Kier molecular flexibility index (Phi) is 4.93. The number of rotatable bonds is 5. The summed E-state index contributed by atoms with van der Waals surface area (Å²) in [4.78, 5) is 16.4. The van der Waals surface area contributed by atoms with Crippen molar-refractivity contribution in [2.45, 2.75) is 19.8 Å². The van der Waals surface area contributed by atoms with Crippen LogP contribution in [0.5, 0.6) is 5.75 Å². The number of amidine groups is 1. The van der Waals surface area contributed by atoms with Gasteiger partial charge in [-0.1, -0.05) is 35.9 Å². The van der Waals surface area contributed by atoms with Crippen LogP contribution in [0.15, 0.2) is 53.2 Å². The minimum Gasteiger partial charge on any atom is -0.494 e. The van der Waals surface area contributed by atoms with E-state index in [1.54, 1.807) is 12.1 Å². The van der Waals surface area contributed by atoms with Crippen LogP contribution in [0, 0.1) is 12.7 Å². The van der Waals surface area contributed by atoms with Crippen molar-refractivity contribution < 1.29 is 13.9 Å². The molecule has 0 spiro atoms. The van der Waals surface area contributed by atoms with Crippen molar-refractivity contribution in [3.63, 3.8) is 0 Å². The van der Waals surface area contributed by atoms with Crippen molar-refractivity contribution >= 4 is 17.8 Å². The Balaban J connectivity index is 1.72. The highest BCUT2D eigenvalue weighted by Gasteiger charge is 2.19. The molecule has 1 heterocycles. The number of benzene rings is 2. The smallest absolute Gasteiger partial charge is 0.275 e. The number of aliphatic imine (C=N–C) groups is 1. The Bertz CT molecular complexity index is 872. The second kappa shape index (κ2) is 7.30. The highest BCUT2D eigenvalue weighted by Crippen LogP contribution is 2.20. The fourth-order valence-electron chi connectivity index (χ4n) is 2.70. The molecule has 4 nitrogen and oxygen atoms in total. The first-order valence-corrected chi connectivity index (χ1v) is 8.05. The van der Waals surface area contributed by atoms with E-state index in [0.717, 1.165) is 6.42 Å². The van der Waals surface area contributed by atoms with Crippen molar-refractivity contribution in [1.29, 1.82) is 0 Å². The van der Waals surface area contributed by atoms with Crippen LogP contribution in [0.3, 0.4) is 0 Å². The first kappa shape index (κ1) is 16.9. The largest absolute Gasteiger partial charge is 0.494 e. The molecule has 3 rings (SSSR count). The maximum atomic E-state index is 13.7. The maximum absolute atomic E-state index is 13.7. The average molecular weight is 338 g/mol. The van der Waals surface area contributed by atoms with Crippen LogP contribution in [-0.4, -0.2) is 18.9 Å². The van der Waals surface area contributed by atoms with Gasteiger partial charge in [0.2, 0.25) is 0 Å². The lowest BCUT2D eigenvalue weighted by Crippen LogP contribution is -2.24. The van der Waals surface area contributed by atoms with Gasteiger partial charge in [-0.3, -0.25) is 4.79 Å². The minimum absolute atomic E-state index is 0.167. The second-order valence-electron chi connectivity index (χ2n) is 5.93. The van der Waals surface area contributed by atoms with Crippen LogP contribution in [-0.2, 0) is 11.2 Å². The molecule has 0 fully saturated rings. The summed E-state index contributed by atoms with van der Waals surface area (Å²) in [6, 6.07) is 12.8. The lowest BCUT2D eigenvalue weighted by molar-refractivity contribution is -0.115. The Hall–Kier alpha value is -2.95. The Morgan fingerprint density at radius 2 is 2.04 bits per heavy atom. The zero-order chi connectivity index (χ0) is 17.8. The highest BCUT2D eigenvalue weighted by molar-refractivity contribution is 6.14. The van der Waals surface area contributed by atoms with Gasteiger partial charge in [0.1, 0.15) is 11.5 Å². The molecule has 0 saturated heterocycles. The van der Waals surface area contributed by atoms with E-state index < -0.39 is 5.82 Å².